The standard InChI is InChI=1S/C13H14N2O4S/c1-8-3-4-11(15-14-2)10-5-9(7-20(17,18)19)6-12(16)13(8)10/h3-6,16H,7H2,1-2H3,(H,17,18,19). The van der Waals surface area contributed by atoms with E-state index in [4.69, 9.17) is 4.55 Å². The fourth-order valence-electron chi connectivity index (χ4n) is 2.17. The normalized spacial score (nSPS) is 12.3. The Morgan fingerprint density at radius 3 is 2.55 bits per heavy atom. The Morgan fingerprint density at radius 2 is 1.95 bits per heavy atom. The van der Waals surface area contributed by atoms with E-state index in [-0.39, 0.29) is 11.3 Å². The van der Waals surface area contributed by atoms with E-state index in [0.717, 1.165) is 5.56 Å². The van der Waals surface area contributed by atoms with E-state index in [2.05, 4.69) is 10.2 Å². The van der Waals surface area contributed by atoms with Crippen molar-refractivity contribution < 1.29 is 18.1 Å². The molecule has 0 heterocycles. The lowest BCUT2D eigenvalue weighted by atomic mass is 10.0. The first-order chi connectivity index (χ1) is 9.31. The fraction of sp³-hybridized carbons (Fsp3) is 0.231. The number of nitrogens with zero attached hydrogens (tertiary/aromatic N) is 2. The highest BCUT2D eigenvalue weighted by Crippen LogP contribution is 2.36. The number of aromatic hydroxyl groups is 1. The van der Waals surface area contributed by atoms with Crippen LogP contribution < -0.4 is 0 Å². The molecule has 0 saturated heterocycles. The van der Waals surface area contributed by atoms with Crippen LogP contribution in [0.1, 0.15) is 11.1 Å². The van der Waals surface area contributed by atoms with Crippen LogP contribution in [-0.2, 0) is 15.9 Å². The van der Waals surface area contributed by atoms with Crippen LogP contribution in [0.2, 0.25) is 0 Å². The monoisotopic (exact) mass is 294 g/mol. The van der Waals surface area contributed by atoms with Crippen LogP contribution >= 0.6 is 0 Å². The van der Waals surface area contributed by atoms with Crippen molar-refractivity contribution in [3.63, 3.8) is 0 Å². The number of benzene rings is 2. The second kappa shape index (κ2) is 5.18. The summed E-state index contributed by atoms with van der Waals surface area (Å²) in [5, 5.41) is 18.9. The molecule has 0 aromatic heterocycles. The van der Waals surface area contributed by atoms with E-state index in [1.807, 2.05) is 6.92 Å². The van der Waals surface area contributed by atoms with Gasteiger partial charge in [-0.15, -0.1) is 0 Å². The third kappa shape index (κ3) is 2.94. The van der Waals surface area contributed by atoms with Crippen molar-refractivity contribution >= 4 is 26.6 Å². The van der Waals surface area contributed by atoms with Crippen LogP contribution in [-0.4, -0.2) is 25.1 Å². The molecule has 0 aliphatic carbocycles. The molecule has 106 valence electrons. The molecule has 0 bridgehead atoms. The fourth-order valence-corrected chi connectivity index (χ4v) is 2.76. The number of fused-ring (bicyclic) bond motifs is 1. The Labute approximate surface area is 116 Å². The molecule has 6 nitrogen and oxygen atoms in total. The Hall–Kier alpha value is -1.99. The zero-order chi connectivity index (χ0) is 14.9. The number of phenolic OH excluding ortho intramolecular Hbond substituents is 1. The molecule has 0 radical (unpaired) electrons. The number of hydrogen-bond acceptors (Lipinski definition) is 5. The Balaban J connectivity index is 2.77. The minimum Gasteiger partial charge on any atom is -0.507 e. The predicted octanol–water partition coefficient (Wildman–Crippen LogP) is 2.96. The summed E-state index contributed by atoms with van der Waals surface area (Å²) in [5.41, 5.74) is 1.65. The SMILES string of the molecule is CN=Nc1ccc(C)c2c(O)cc(CS(=O)(=O)O)cc12. The highest BCUT2D eigenvalue weighted by molar-refractivity contribution is 7.85. The molecule has 0 aliphatic heterocycles. The van der Waals surface area contributed by atoms with Crippen molar-refractivity contribution in [3.05, 3.63) is 35.4 Å². The molecule has 0 unspecified atom stereocenters. The van der Waals surface area contributed by atoms with E-state index < -0.39 is 15.9 Å². The third-order valence-electron chi connectivity index (χ3n) is 2.90. The summed E-state index contributed by atoms with van der Waals surface area (Å²) in [7, 11) is -2.64. The number of phenols is 1. The molecule has 2 aromatic rings. The van der Waals surface area contributed by atoms with Gasteiger partial charge in [0.1, 0.15) is 11.5 Å². The predicted molar refractivity (Wildman–Crippen MR) is 76.0 cm³/mol. The summed E-state index contributed by atoms with van der Waals surface area (Å²) in [6, 6.07) is 6.45. The van der Waals surface area contributed by atoms with Crippen LogP contribution in [0.3, 0.4) is 0 Å². The van der Waals surface area contributed by atoms with Crippen LogP contribution in [0.25, 0.3) is 10.8 Å². The Bertz CT molecular complexity index is 798. The first-order valence-electron chi connectivity index (χ1n) is 5.82. The van der Waals surface area contributed by atoms with E-state index in [9.17, 15) is 13.5 Å². The van der Waals surface area contributed by atoms with Gasteiger partial charge in [-0.05, 0) is 36.2 Å². The van der Waals surface area contributed by atoms with Crippen molar-refractivity contribution in [1.82, 2.24) is 0 Å². The van der Waals surface area contributed by atoms with Crippen LogP contribution in [0.15, 0.2) is 34.5 Å². The van der Waals surface area contributed by atoms with E-state index in [1.165, 1.54) is 13.1 Å². The molecule has 0 fully saturated rings. The average molecular weight is 294 g/mol. The first kappa shape index (κ1) is 14.4. The molecule has 0 spiro atoms. The largest absolute Gasteiger partial charge is 0.507 e. The van der Waals surface area contributed by atoms with Gasteiger partial charge in [-0.2, -0.15) is 18.6 Å². The average Bonchev–Trinajstić information content (AvgIpc) is 2.30. The van der Waals surface area contributed by atoms with Crippen molar-refractivity contribution in [2.75, 3.05) is 7.05 Å². The Kier molecular flexibility index (Phi) is 3.74. The van der Waals surface area contributed by atoms with Crippen molar-refractivity contribution in [2.45, 2.75) is 12.7 Å². The smallest absolute Gasteiger partial charge is 0.269 e. The molecular weight excluding hydrogens is 280 g/mol. The molecule has 2 aromatic carbocycles. The van der Waals surface area contributed by atoms with E-state index >= 15 is 0 Å². The minimum atomic E-state index is -4.16. The zero-order valence-corrected chi connectivity index (χ0v) is 11.8. The van der Waals surface area contributed by atoms with E-state index in [0.29, 0.717) is 16.5 Å². The molecule has 2 N–H and O–H groups in total. The molecular formula is C13H14N2O4S. The maximum atomic E-state index is 11.0. The summed E-state index contributed by atoms with van der Waals surface area (Å²) in [6.07, 6.45) is 0. The van der Waals surface area contributed by atoms with Gasteiger partial charge in [0.2, 0.25) is 0 Å². The summed E-state index contributed by atoms with van der Waals surface area (Å²) in [6.45, 7) is 1.83. The van der Waals surface area contributed by atoms with Gasteiger partial charge in [-0.3, -0.25) is 4.55 Å². The van der Waals surface area contributed by atoms with Crippen molar-refractivity contribution in [2.24, 2.45) is 10.2 Å². The summed E-state index contributed by atoms with van der Waals surface area (Å²) < 4.78 is 30.8. The van der Waals surface area contributed by atoms with Crippen molar-refractivity contribution in [1.29, 1.82) is 0 Å². The molecule has 2 rings (SSSR count). The summed E-state index contributed by atoms with van der Waals surface area (Å²) in [4.78, 5) is 0. The molecule has 7 heteroatoms. The van der Waals surface area contributed by atoms with Gasteiger partial charge in [0, 0.05) is 17.8 Å². The quantitative estimate of drug-likeness (QED) is 0.671. The highest BCUT2D eigenvalue weighted by atomic mass is 32.2. The van der Waals surface area contributed by atoms with Gasteiger partial charge in [0.15, 0.2) is 0 Å². The second-order valence-electron chi connectivity index (χ2n) is 4.47. The number of rotatable bonds is 3. The topological polar surface area (TPSA) is 99.3 Å². The van der Waals surface area contributed by atoms with Crippen LogP contribution in [0.4, 0.5) is 5.69 Å². The lowest BCUT2D eigenvalue weighted by Crippen LogP contribution is -2.01. The lowest BCUT2D eigenvalue weighted by molar-refractivity contribution is 0.478. The van der Waals surface area contributed by atoms with Gasteiger partial charge in [0.05, 0.1) is 5.69 Å². The Morgan fingerprint density at radius 1 is 1.25 bits per heavy atom. The van der Waals surface area contributed by atoms with Gasteiger partial charge in [0.25, 0.3) is 10.1 Å². The maximum absolute atomic E-state index is 11.0. The maximum Gasteiger partial charge on any atom is 0.269 e. The number of azo groups is 1. The molecule has 20 heavy (non-hydrogen) atoms. The minimum absolute atomic E-state index is 0.0493. The highest BCUT2D eigenvalue weighted by Gasteiger charge is 2.13. The number of hydrogen-bond donors (Lipinski definition) is 2. The summed E-state index contributed by atoms with van der Waals surface area (Å²) >= 11 is 0. The second-order valence-corrected chi connectivity index (χ2v) is 5.92. The van der Waals surface area contributed by atoms with Gasteiger partial charge >= 0.3 is 0 Å². The lowest BCUT2D eigenvalue weighted by Gasteiger charge is -2.09. The number of aryl methyl sites for hydroxylation is 1. The first-order valence-corrected chi connectivity index (χ1v) is 7.43. The summed E-state index contributed by atoms with van der Waals surface area (Å²) in [5.74, 6) is -0.612. The molecule has 0 saturated carbocycles. The van der Waals surface area contributed by atoms with E-state index in [1.54, 1.807) is 18.2 Å². The van der Waals surface area contributed by atoms with Gasteiger partial charge in [-0.25, -0.2) is 0 Å². The van der Waals surface area contributed by atoms with Gasteiger partial charge in [-0.1, -0.05) is 6.07 Å². The zero-order valence-electron chi connectivity index (χ0n) is 11.0. The third-order valence-corrected chi connectivity index (χ3v) is 3.59. The van der Waals surface area contributed by atoms with Crippen molar-refractivity contribution in [3.8, 4) is 5.75 Å². The molecule has 0 aliphatic rings. The van der Waals surface area contributed by atoms with Crippen LogP contribution in [0, 0.1) is 6.92 Å². The molecule has 0 amide bonds. The molecule has 0 atom stereocenters. The van der Waals surface area contributed by atoms with Gasteiger partial charge < -0.3 is 5.11 Å². The van der Waals surface area contributed by atoms with Crippen LogP contribution in [0.5, 0.6) is 5.75 Å².